The van der Waals surface area contributed by atoms with E-state index in [1.807, 2.05) is 0 Å². The summed E-state index contributed by atoms with van der Waals surface area (Å²) in [6.07, 6.45) is 2.22. The molecule has 2 N–H and O–H groups in total. The number of likely N-dealkylation sites (N-methyl/N-ethyl adjacent to an activating group) is 1. The number of benzene rings is 1. The number of likely N-dealkylation sites (tertiary alicyclic amines) is 1. The maximum absolute atomic E-state index is 12.2. The molecule has 1 unspecified atom stereocenters. The minimum Gasteiger partial charge on any atom is -0.358 e. The molecule has 3 rings (SSSR count). The smallest absolute Gasteiger partial charge is 0.257 e. The number of halogens is 1. The SMILES string of the molecule is CN1CCC(Nc2ccc(C(=O)Nc3cccc(Cl)c3)cn2)C1=O. The average molecular weight is 345 g/mol. The fraction of sp³-hybridized carbons (Fsp3) is 0.235. The Balaban J connectivity index is 1.63. The molecule has 1 atom stereocenters. The van der Waals surface area contributed by atoms with Gasteiger partial charge in [0, 0.05) is 30.5 Å². The van der Waals surface area contributed by atoms with Crippen molar-refractivity contribution in [2.75, 3.05) is 24.2 Å². The number of anilines is 2. The van der Waals surface area contributed by atoms with E-state index in [0.717, 1.165) is 13.0 Å². The molecule has 2 heterocycles. The first-order valence-corrected chi connectivity index (χ1v) is 7.95. The van der Waals surface area contributed by atoms with Crippen molar-refractivity contribution in [2.24, 2.45) is 0 Å². The van der Waals surface area contributed by atoms with Crippen LogP contribution in [0, 0.1) is 0 Å². The molecular weight excluding hydrogens is 328 g/mol. The largest absolute Gasteiger partial charge is 0.358 e. The van der Waals surface area contributed by atoms with Crippen molar-refractivity contribution < 1.29 is 9.59 Å². The second-order valence-electron chi connectivity index (χ2n) is 5.64. The van der Waals surface area contributed by atoms with Crippen LogP contribution in [-0.2, 0) is 4.79 Å². The Kier molecular flexibility index (Phi) is 4.66. The molecular formula is C17H17ClN4O2. The molecule has 6 nitrogen and oxygen atoms in total. The van der Waals surface area contributed by atoms with Crippen LogP contribution in [0.5, 0.6) is 0 Å². The second-order valence-corrected chi connectivity index (χ2v) is 6.08. The first-order chi connectivity index (χ1) is 11.5. The van der Waals surface area contributed by atoms with Crippen LogP contribution in [0.2, 0.25) is 5.02 Å². The average Bonchev–Trinajstić information content (AvgIpc) is 2.87. The number of pyridine rings is 1. The van der Waals surface area contributed by atoms with E-state index in [1.165, 1.54) is 6.20 Å². The maximum Gasteiger partial charge on any atom is 0.257 e. The third kappa shape index (κ3) is 3.65. The Morgan fingerprint density at radius 1 is 1.33 bits per heavy atom. The number of carbonyl (C=O) groups is 2. The highest BCUT2D eigenvalue weighted by molar-refractivity contribution is 6.30. The van der Waals surface area contributed by atoms with Crippen LogP contribution in [0.1, 0.15) is 16.8 Å². The zero-order valence-corrected chi connectivity index (χ0v) is 13.9. The summed E-state index contributed by atoms with van der Waals surface area (Å²) in [4.78, 5) is 30.0. The van der Waals surface area contributed by atoms with Crippen LogP contribution in [0.25, 0.3) is 0 Å². The number of aromatic nitrogens is 1. The molecule has 1 aromatic carbocycles. The van der Waals surface area contributed by atoms with Gasteiger partial charge in [-0.1, -0.05) is 17.7 Å². The molecule has 124 valence electrons. The van der Waals surface area contributed by atoms with Gasteiger partial charge in [0.05, 0.1) is 5.56 Å². The third-order valence-electron chi connectivity index (χ3n) is 3.86. The van der Waals surface area contributed by atoms with E-state index in [1.54, 1.807) is 48.3 Å². The normalized spacial score (nSPS) is 17.0. The Labute approximate surface area is 144 Å². The summed E-state index contributed by atoms with van der Waals surface area (Å²) in [5.74, 6) is 0.357. The molecule has 1 aliphatic heterocycles. The highest BCUT2D eigenvalue weighted by atomic mass is 35.5. The summed E-state index contributed by atoms with van der Waals surface area (Å²) in [5, 5.41) is 6.41. The molecule has 7 heteroatoms. The van der Waals surface area contributed by atoms with Gasteiger partial charge in [0.1, 0.15) is 11.9 Å². The van der Waals surface area contributed by atoms with Crippen LogP contribution in [0.4, 0.5) is 11.5 Å². The summed E-state index contributed by atoms with van der Waals surface area (Å²) in [7, 11) is 1.78. The van der Waals surface area contributed by atoms with E-state index in [4.69, 9.17) is 11.6 Å². The molecule has 24 heavy (non-hydrogen) atoms. The van der Waals surface area contributed by atoms with Gasteiger partial charge < -0.3 is 15.5 Å². The highest BCUT2D eigenvalue weighted by Crippen LogP contribution is 2.17. The predicted molar refractivity (Wildman–Crippen MR) is 93.3 cm³/mol. The molecule has 0 aliphatic carbocycles. The number of hydrogen-bond donors (Lipinski definition) is 2. The fourth-order valence-electron chi connectivity index (χ4n) is 2.52. The summed E-state index contributed by atoms with van der Waals surface area (Å²) in [6.45, 7) is 0.733. The van der Waals surface area contributed by atoms with Crippen LogP contribution in [0.15, 0.2) is 42.6 Å². The number of nitrogens with zero attached hydrogens (tertiary/aromatic N) is 2. The minimum absolute atomic E-state index is 0.0552. The summed E-state index contributed by atoms with van der Waals surface area (Å²) in [6, 6.07) is 10.0. The van der Waals surface area contributed by atoms with Gasteiger partial charge in [-0.2, -0.15) is 0 Å². The number of carbonyl (C=O) groups excluding carboxylic acids is 2. The van der Waals surface area contributed by atoms with Gasteiger partial charge in [0.15, 0.2) is 0 Å². The van der Waals surface area contributed by atoms with Crippen molar-refractivity contribution in [3.05, 3.63) is 53.2 Å². The molecule has 1 aromatic heterocycles. The van der Waals surface area contributed by atoms with Gasteiger partial charge in [-0.3, -0.25) is 9.59 Å². The zero-order chi connectivity index (χ0) is 17.1. The van der Waals surface area contributed by atoms with Crippen molar-refractivity contribution in [1.82, 2.24) is 9.88 Å². The molecule has 2 aromatic rings. The van der Waals surface area contributed by atoms with E-state index >= 15 is 0 Å². The maximum atomic E-state index is 12.2. The number of nitrogens with one attached hydrogen (secondary N) is 2. The molecule has 2 amide bonds. The molecule has 0 bridgehead atoms. The summed E-state index contributed by atoms with van der Waals surface area (Å²) in [5.41, 5.74) is 1.05. The Hall–Kier alpha value is -2.60. The lowest BCUT2D eigenvalue weighted by atomic mass is 10.2. The molecule has 1 saturated heterocycles. The predicted octanol–water partition coefficient (Wildman–Crippen LogP) is 2.63. The molecule has 0 spiro atoms. The number of hydrogen-bond acceptors (Lipinski definition) is 4. The van der Waals surface area contributed by atoms with Crippen LogP contribution in [0.3, 0.4) is 0 Å². The van der Waals surface area contributed by atoms with Crippen LogP contribution < -0.4 is 10.6 Å². The van der Waals surface area contributed by atoms with E-state index in [9.17, 15) is 9.59 Å². The first-order valence-electron chi connectivity index (χ1n) is 7.57. The molecule has 1 aliphatic rings. The van der Waals surface area contributed by atoms with E-state index < -0.39 is 0 Å². The van der Waals surface area contributed by atoms with Gasteiger partial charge in [-0.05, 0) is 36.8 Å². The van der Waals surface area contributed by atoms with Gasteiger partial charge in [0.2, 0.25) is 5.91 Å². The lowest BCUT2D eigenvalue weighted by molar-refractivity contribution is -0.127. The number of rotatable bonds is 4. The summed E-state index contributed by atoms with van der Waals surface area (Å²) < 4.78 is 0. The number of amides is 2. The summed E-state index contributed by atoms with van der Waals surface area (Å²) >= 11 is 5.90. The van der Waals surface area contributed by atoms with Crippen LogP contribution in [-0.4, -0.2) is 41.3 Å². The van der Waals surface area contributed by atoms with Gasteiger partial charge in [-0.25, -0.2) is 4.98 Å². The van der Waals surface area contributed by atoms with Crippen LogP contribution >= 0.6 is 11.6 Å². The van der Waals surface area contributed by atoms with Crippen molar-refractivity contribution in [1.29, 1.82) is 0 Å². The van der Waals surface area contributed by atoms with Crippen molar-refractivity contribution in [3.8, 4) is 0 Å². The monoisotopic (exact) mass is 344 g/mol. The Morgan fingerprint density at radius 3 is 2.79 bits per heavy atom. The first kappa shape index (κ1) is 16.3. The topological polar surface area (TPSA) is 74.3 Å². The van der Waals surface area contributed by atoms with E-state index in [0.29, 0.717) is 22.1 Å². The highest BCUT2D eigenvalue weighted by Gasteiger charge is 2.28. The molecule has 0 saturated carbocycles. The standard InChI is InChI=1S/C17H17ClN4O2/c1-22-8-7-14(17(22)24)21-15-6-5-11(10-19-15)16(23)20-13-4-2-3-12(18)9-13/h2-6,9-10,14H,7-8H2,1H3,(H,19,21)(H,20,23). The van der Waals surface area contributed by atoms with E-state index in [-0.39, 0.29) is 17.9 Å². The van der Waals surface area contributed by atoms with Crippen molar-refractivity contribution in [3.63, 3.8) is 0 Å². The second kappa shape index (κ2) is 6.88. The van der Waals surface area contributed by atoms with Crippen molar-refractivity contribution >= 4 is 34.9 Å². The minimum atomic E-state index is -0.270. The van der Waals surface area contributed by atoms with Gasteiger partial charge >= 0.3 is 0 Å². The molecule has 1 fully saturated rings. The fourth-order valence-corrected chi connectivity index (χ4v) is 2.71. The van der Waals surface area contributed by atoms with Gasteiger partial charge in [-0.15, -0.1) is 0 Å². The van der Waals surface area contributed by atoms with Crippen molar-refractivity contribution in [2.45, 2.75) is 12.5 Å². The van der Waals surface area contributed by atoms with E-state index in [2.05, 4.69) is 15.6 Å². The van der Waals surface area contributed by atoms with Gasteiger partial charge in [0.25, 0.3) is 5.91 Å². The Morgan fingerprint density at radius 2 is 2.17 bits per heavy atom. The zero-order valence-electron chi connectivity index (χ0n) is 13.1. The lowest BCUT2D eigenvalue weighted by Gasteiger charge is -2.13. The quantitative estimate of drug-likeness (QED) is 0.894. The third-order valence-corrected chi connectivity index (χ3v) is 4.09. The molecule has 0 radical (unpaired) electrons. The lowest BCUT2D eigenvalue weighted by Crippen LogP contribution is -2.31. The Bertz CT molecular complexity index is 763.